The van der Waals surface area contributed by atoms with Crippen LogP contribution in [-0.2, 0) is 5.60 Å². The summed E-state index contributed by atoms with van der Waals surface area (Å²) in [6, 6.07) is 6.67. The molecule has 0 aliphatic carbocycles. The van der Waals surface area contributed by atoms with Crippen LogP contribution in [0.4, 0.5) is 4.39 Å². The molecule has 0 radical (unpaired) electrons. The minimum atomic E-state index is -0.932. The lowest BCUT2D eigenvalue weighted by Gasteiger charge is -2.25. The summed E-state index contributed by atoms with van der Waals surface area (Å²) in [6.45, 7) is 4.15. The molecule has 1 aromatic carbocycles. The summed E-state index contributed by atoms with van der Waals surface area (Å²) in [5.41, 5.74) is 0.872. The van der Waals surface area contributed by atoms with E-state index in [0.29, 0.717) is 6.54 Å². The maximum Gasteiger partial charge on any atom is 0.165 e. The van der Waals surface area contributed by atoms with Crippen LogP contribution in [0.2, 0.25) is 0 Å². The fourth-order valence-corrected chi connectivity index (χ4v) is 2.87. The largest absolute Gasteiger partial charge is 0.494 e. The van der Waals surface area contributed by atoms with Gasteiger partial charge in [0.05, 0.1) is 7.11 Å². The van der Waals surface area contributed by atoms with Crippen molar-refractivity contribution in [2.75, 3.05) is 13.7 Å². The Balaban J connectivity index is 2.03. The molecule has 21 heavy (non-hydrogen) atoms. The highest BCUT2D eigenvalue weighted by molar-refractivity contribution is 7.08. The van der Waals surface area contributed by atoms with Gasteiger partial charge in [-0.3, -0.25) is 0 Å². The van der Waals surface area contributed by atoms with Gasteiger partial charge in [-0.1, -0.05) is 6.07 Å². The Morgan fingerprint density at radius 2 is 2.19 bits per heavy atom. The van der Waals surface area contributed by atoms with Crippen molar-refractivity contribution in [1.82, 2.24) is 5.32 Å². The number of rotatable bonds is 6. The number of aliphatic hydroxyl groups is 1. The zero-order chi connectivity index (χ0) is 15.5. The minimum absolute atomic E-state index is 0.0235. The molecule has 2 atom stereocenters. The molecule has 0 aliphatic rings. The van der Waals surface area contributed by atoms with Gasteiger partial charge in [0.1, 0.15) is 5.60 Å². The van der Waals surface area contributed by atoms with E-state index in [9.17, 15) is 9.50 Å². The first-order valence-corrected chi connectivity index (χ1v) is 7.70. The SMILES string of the molecule is COc1cc(C(C)NCC(C)(O)c2ccsc2)ccc1F. The van der Waals surface area contributed by atoms with E-state index in [2.05, 4.69) is 5.32 Å². The Hall–Kier alpha value is -1.43. The smallest absolute Gasteiger partial charge is 0.165 e. The van der Waals surface area contributed by atoms with Gasteiger partial charge in [-0.05, 0) is 53.9 Å². The van der Waals surface area contributed by atoms with Crippen molar-refractivity contribution in [2.45, 2.75) is 25.5 Å². The predicted molar refractivity (Wildman–Crippen MR) is 83.3 cm³/mol. The fraction of sp³-hybridized carbons (Fsp3) is 0.375. The second kappa shape index (κ2) is 6.56. The summed E-state index contributed by atoms with van der Waals surface area (Å²) >= 11 is 1.56. The molecular weight excluding hydrogens is 289 g/mol. The molecule has 5 heteroatoms. The van der Waals surface area contributed by atoms with Crippen molar-refractivity contribution in [3.8, 4) is 5.75 Å². The van der Waals surface area contributed by atoms with Crippen LogP contribution >= 0.6 is 11.3 Å². The molecule has 2 rings (SSSR count). The number of benzene rings is 1. The van der Waals surface area contributed by atoms with Crippen LogP contribution in [0.1, 0.15) is 31.0 Å². The summed E-state index contributed by atoms with van der Waals surface area (Å²) in [4.78, 5) is 0. The lowest BCUT2D eigenvalue weighted by atomic mass is 9.98. The zero-order valence-electron chi connectivity index (χ0n) is 12.4. The third-order valence-electron chi connectivity index (χ3n) is 3.57. The van der Waals surface area contributed by atoms with Gasteiger partial charge in [0.15, 0.2) is 11.6 Å². The number of thiophene rings is 1. The van der Waals surface area contributed by atoms with Crippen LogP contribution in [0, 0.1) is 5.82 Å². The molecule has 3 nitrogen and oxygen atoms in total. The number of nitrogens with one attached hydrogen (secondary N) is 1. The number of halogens is 1. The average Bonchev–Trinajstić information content (AvgIpc) is 3.00. The zero-order valence-corrected chi connectivity index (χ0v) is 13.2. The van der Waals surface area contributed by atoms with E-state index >= 15 is 0 Å². The highest BCUT2D eigenvalue weighted by Gasteiger charge is 2.24. The standard InChI is InChI=1S/C16H20FNO2S/c1-11(12-4-5-14(17)15(8-12)20-3)18-10-16(2,19)13-6-7-21-9-13/h4-9,11,18-19H,10H2,1-3H3. The van der Waals surface area contributed by atoms with Crippen LogP contribution in [-0.4, -0.2) is 18.8 Å². The van der Waals surface area contributed by atoms with Gasteiger partial charge in [0.2, 0.25) is 0 Å². The summed E-state index contributed by atoms with van der Waals surface area (Å²) in [5.74, 6) is -0.149. The van der Waals surface area contributed by atoms with Crippen molar-refractivity contribution < 1.29 is 14.2 Å². The predicted octanol–water partition coefficient (Wildman–Crippen LogP) is 3.45. The first-order chi connectivity index (χ1) is 9.94. The molecule has 0 fully saturated rings. The molecule has 1 heterocycles. The average molecular weight is 309 g/mol. The Labute approximate surface area is 128 Å². The van der Waals surface area contributed by atoms with Gasteiger partial charge in [-0.2, -0.15) is 11.3 Å². The number of methoxy groups -OCH3 is 1. The lowest BCUT2D eigenvalue weighted by Crippen LogP contribution is -2.36. The van der Waals surface area contributed by atoms with E-state index in [1.54, 1.807) is 30.4 Å². The van der Waals surface area contributed by atoms with Gasteiger partial charge >= 0.3 is 0 Å². The third-order valence-corrected chi connectivity index (χ3v) is 4.25. The minimum Gasteiger partial charge on any atom is -0.494 e. The summed E-state index contributed by atoms with van der Waals surface area (Å²) in [7, 11) is 1.45. The lowest BCUT2D eigenvalue weighted by molar-refractivity contribution is 0.0548. The van der Waals surface area contributed by atoms with Crippen LogP contribution in [0.25, 0.3) is 0 Å². The quantitative estimate of drug-likeness (QED) is 0.859. The molecule has 114 valence electrons. The van der Waals surface area contributed by atoms with Crippen LogP contribution in [0.3, 0.4) is 0 Å². The summed E-state index contributed by atoms with van der Waals surface area (Å²) in [5, 5.41) is 17.6. The third kappa shape index (κ3) is 3.81. The monoisotopic (exact) mass is 309 g/mol. The van der Waals surface area contributed by atoms with E-state index in [-0.39, 0.29) is 17.6 Å². The van der Waals surface area contributed by atoms with E-state index in [4.69, 9.17) is 4.74 Å². The van der Waals surface area contributed by atoms with Gasteiger partial charge in [-0.25, -0.2) is 4.39 Å². The van der Waals surface area contributed by atoms with Crippen LogP contribution in [0.5, 0.6) is 5.75 Å². The van der Waals surface area contributed by atoms with Gasteiger partial charge < -0.3 is 15.2 Å². The molecule has 0 saturated carbocycles. The first kappa shape index (κ1) is 15.9. The van der Waals surface area contributed by atoms with Crippen LogP contribution < -0.4 is 10.1 Å². The molecule has 0 bridgehead atoms. The van der Waals surface area contributed by atoms with Gasteiger partial charge in [0.25, 0.3) is 0 Å². The Bertz CT molecular complexity index is 584. The summed E-state index contributed by atoms with van der Waals surface area (Å²) in [6.07, 6.45) is 0. The van der Waals surface area contributed by atoms with E-state index in [0.717, 1.165) is 11.1 Å². The Morgan fingerprint density at radius 1 is 1.43 bits per heavy atom. The van der Waals surface area contributed by atoms with E-state index < -0.39 is 5.60 Å². The Kier molecular flexibility index (Phi) is 4.98. The number of hydrogen-bond donors (Lipinski definition) is 2. The molecule has 0 amide bonds. The second-order valence-electron chi connectivity index (χ2n) is 5.28. The van der Waals surface area contributed by atoms with Crippen molar-refractivity contribution in [2.24, 2.45) is 0 Å². The molecule has 0 aliphatic heterocycles. The maximum atomic E-state index is 13.4. The van der Waals surface area contributed by atoms with Crippen molar-refractivity contribution >= 4 is 11.3 Å². The van der Waals surface area contributed by atoms with Crippen molar-refractivity contribution in [3.05, 3.63) is 52.0 Å². The number of ether oxygens (including phenoxy) is 1. The van der Waals surface area contributed by atoms with Gasteiger partial charge in [-0.15, -0.1) is 0 Å². The normalized spacial score (nSPS) is 15.5. The van der Waals surface area contributed by atoms with E-state index in [1.165, 1.54) is 13.2 Å². The van der Waals surface area contributed by atoms with E-state index in [1.807, 2.05) is 23.8 Å². The molecule has 0 saturated heterocycles. The molecule has 2 N–H and O–H groups in total. The Morgan fingerprint density at radius 3 is 2.81 bits per heavy atom. The second-order valence-corrected chi connectivity index (χ2v) is 6.06. The molecular formula is C16H20FNO2S. The highest BCUT2D eigenvalue weighted by atomic mass is 32.1. The van der Waals surface area contributed by atoms with Crippen molar-refractivity contribution in [3.63, 3.8) is 0 Å². The number of hydrogen-bond acceptors (Lipinski definition) is 4. The highest BCUT2D eigenvalue weighted by Crippen LogP contribution is 2.25. The molecule has 0 spiro atoms. The topological polar surface area (TPSA) is 41.5 Å². The molecule has 2 aromatic rings. The first-order valence-electron chi connectivity index (χ1n) is 6.76. The fourth-order valence-electron chi connectivity index (χ4n) is 2.09. The van der Waals surface area contributed by atoms with Gasteiger partial charge in [0, 0.05) is 12.6 Å². The van der Waals surface area contributed by atoms with Crippen LogP contribution in [0.15, 0.2) is 35.0 Å². The van der Waals surface area contributed by atoms with Crippen molar-refractivity contribution in [1.29, 1.82) is 0 Å². The maximum absolute atomic E-state index is 13.4. The molecule has 1 aromatic heterocycles. The summed E-state index contributed by atoms with van der Waals surface area (Å²) < 4.78 is 18.4. The molecule has 2 unspecified atom stereocenters.